The van der Waals surface area contributed by atoms with Gasteiger partial charge in [0.2, 0.25) is 10.0 Å². The Morgan fingerprint density at radius 3 is 2.29 bits per heavy atom. The normalized spacial score (nSPS) is 15.5. The molecule has 5 heteroatoms. The Labute approximate surface area is 103 Å². The molecule has 0 fully saturated rings. The van der Waals surface area contributed by atoms with Gasteiger partial charge in [0.15, 0.2) is 0 Å². The summed E-state index contributed by atoms with van der Waals surface area (Å²) in [5.41, 5.74) is 1.01. The molecule has 1 aromatic carbocycles. The Morgan fingerprint density at radius 2 is 1.82 bits per heavy atom. The molecule has 0 heterocycles. The maximum absolute atomic E-state index is 12.0. The first-order valence-corrected chi connectivity index (χ1v) is 7.12. The van der Waals surface area contributed by atoms with Gasteiger partial charge in [-0.1, -0.05) is 24.6 Å². The molecule has 2 N–H and O–H groups in total. The summed E-state index contributed by atoms with van der Waals surface area (Å²) >= 11 is 0. The average molecular weight is 257 g/mol. The summed E-state index contributed by atoms with van der Waals surface area (Å²) < 4.78 is 26.4. The zero-order chi connectivity index (χ0) is 13.1. The predicted molar refractivity (Wildman–Crippen MR) is 67.3 cm³/mol. The highest BCUT2D eigenvalue weighted by atomic mass is 32.2. The van der Waals surface area contributed by atoms with E-state index in [1.54, 1.807) is 38.1 Å². The molecule has 0 radical (unpaired) electrons. The van der Waals surface area contributed by atoms with E-state index < -0.39 is 22.2 Å². The second-order valence-corrected chi connectivity index (χ2v) is 5.91. The number of benzene rings is 1. The maximum atomic E-state index is 12.0. The first kappa shape index (κ1) is 14.2. The van der Waals surface area contributed by atoms with Crippen LogP contribution < -0.4 is 4.72 Å². The van der Waals surface area contributed by atoms with Crippen LogP contribution in [0.25, 0.3) is 0 Å². The molecular formula is C12H19NO3S. The highest BCUT2D eigenvalue weighted by Gasteiger charge is 2.20. The first-order valence-electron chi connectivity index (χ1n) is 5.64. The second-order valence-electron chi connectivity index (χ2n) is 4.20. The van der Waals surface area contributed by atoms with Gasteiger partial charge in [-0.3, -0.25) is 0 Å². The summed E-state index contributed by atoms with van der Waals surface area (Å²) in [4.78, 5) is 0.221. The van der Waals surface area contributed by atoms with Crippen molar-refractivity contribution in [1.82, 2.24) is 4.72 Å². The van der Waals surface area contributed by atoms with Crippen LogP contribution in [-0.4, -0.2) is 25.7 Å². The monoisotopic (exact) mass is 257 g/mol. The second kappa shape index (κ2) is 5.62. The van der Waals surface area contributed by atoms with Crippen LogP contribution in [-0.2, 0) is 10.0 Å². The Balaban J connectivity index is 2.85. The number of sulfonamides is 1. The minimum atomic E-state index is -3.54. The highest BCUT2D eigenvalue weighted by molar-refractivity contribution is 7.89. The third-order valence-electron chi connectivity index (χ3n) is 2.67. The lowest BCUT2D eigenvalue weighted by Crippen LogP contribution is -2.40. The maximum Gasteiger partial charge on any atom is 0.240 e. The zero-order valence-electron chi connectivity index (χ0n) is 10.3. The van der Waals surface area contributed by atoms with Crippen molar-refractivity contribution in [3.05, 3.63) is 29.8 Å². The molecule has 96 valence electrons. The highest BCUT2D eigenvalue weighted by Crippen LogP contribution is 2.11. The predicted octanol–water partition coefficient (Wildman–Crippen LogP) is 1.43. The quantitative estimate of drug-likeness (QED) is 0.838. The molecule has 0 bridgehead atoms. The number of aliphatic hydroxyl groups is 1. The van der Waals surface area contributed by atoms with Gasteiger partial charge in [-0.25, -0.2) is 13.1 Å². The Bertz CT molecular complexity index is 453. The largest absolute Gasteiger partial charge is 0.391 e. The summed E-state index contributed by atoms with van der Waals surface area (Å²) in [6.45, 7) is 5.36. The van der Waals surface area contributed by atoms with E-state index >= 15 is 0 Å². The number of aliphatic hydroxyl groups excluding tert-OH is 1. The van der Waals surface area contributed by atoms with Crippen LogP contribution in [0.4, 0.5) is 0 Å². The van der Waals surface area contributed by atoms with Gasteiger partial charge in [-0.2, -0.15) is 0 Å². The molecule has 0 unspecified atom stereocenters. The van der Waals surface area contributed by atoms with Gasteiger partial charge in [0.1, 0.15) is 0 Å². The molecule has 0 aliphatic carbocycles. The zero-order valence-corrected chi connectivity index (χ0v) is 11.2. The van der Waals surface area contributed by atoms with Gasteiger partial charge in [0.25, 0.3) is 0 Å². The van der Waals surface area contributed by atoms with E-state index in [9.17, 15) is 13.5 Å². The van der Waals surface area contributed by atoms with Crippen molar-refractivity contribution in [2.24, 2.45) is 0 Å². The molecule has 0 saturated heterocycles. The standard InChI is InChI=1S/C12H19NO3S/c1-4-12(14)10(3)13-17(15,16)11-7-5-9(2)6-8-11/h5-8,10,12-14H,4H2,1-3H3/t10-,12+/m0/s1. The number of hydrogen-bond donors (Lipinski definition) is 2. The van der Waals surface area contributed by atoms with Crippen molar-refractivity contribution < 1.29 is 13.5 Å². The van der Waals surface area contributed by atoms with Crippen molar-refractivity contribution in [2.75, 3.05) is 0 Å². The van der Waals surface area contributed by atoms with Crippen LogP contribution in [0.15, 0.2) is 29.2 Å². The van der Waals surface area contributed by atoms with Gasteiger partial charge in [0, 0.05) is 6.04 Å². The van der Waals surface area contributed by atoms with Crippen molar-refractivity contribution in [1.29, 1.82) is 0 Å². The van der Waals surface area contributed by atoms with Gasteiger partial charge in [0.05, 0.1) is 11.0 Å². The van der Waals surface area contributed by atoms with E-state index in [4.69, 9.17) is 0 Å². The summed E-state index contributed by atoms with van der Waals surface area (Å²) in [5, 5.41) is 9.55. The molecule has 4 nitrogen and oxygen atoms in total. The van der Waals surface area contributed by atoms with E-state index in [0.717, 1.165) is 5.56 Å². The molecule has 0 amide bonds. The average Bonchev–Trinajstić information content (AvgIpc) is 2.27. The molecule has 0 aliphatic heterocycles. The fraction of sp³-hybridized carbons (Fsp3) is 0.500. The van der Waals surface area contributed by atoms with Gasteiger partial charge >= 0.3 is 0 Å². The fourth-order valence-corrected chi connectivity index (χ4v) is 2.74. The molecular weight excluding hydrogens is 238 g/mol. The molecule has 0 saturated carbocycles. The van der Waals surface area contributed by atoms with Crippen LogP contribution in [0.3, 0.4) is 0 Å². The summed E-state index contributed by atoms with van der Waals surface area (Å²) in [5.74, 6) is 0. The molecule has 17 heavy (non-hydrogen) atoms. The van der Waals surface area contributed by atoms with Crippen LogP contribution >= 0.6 is 0 Å². The van der Waals surface area contributed by atoms with E-state index in [1.165, 1.54) is 0 Å². The topological polar surface area (TPSA) is 66.4 Å². The number of rotatable bonds is 5. The van der Waals surface area contributed by atoms with E-state index in [-0.39, 0.29) is 4.90 Å². The van der Waals surface area contributed by atoms with Gasteiger partial charge < -0.3 is 5.11 Å². The smallest absolute Gasteiger partial charge is 0.240 e. The molecule has 0 aliphatic rings. The van der Waals surface area contributed by atoms with E-state index in [0.29, 0.717) is 6.42 Å². The Hall–Kier alpha value is -0.910. The third kappa shape index (κ3) is 3.80. The third-order valence-corrected chi connectivity index (χ3v) is 4.24. The lowest BCUT2D eigenvalue weighted by atomic mass is 10.1. The lowest BCUT2D eigenvalue weighted by molar-refractivity contribution is 0.140. The van der Waals surface area contributed by atoms with Crippen LogP contribution in [0.1, 0.15) is 25.8 Å². The minimum Gasteiger partial charge on any atom is -0.391 e. The minimum absolute atomic E-state index is 0.221. The Kier molecular flexibility index (Phi) is 4.68. The van der Waals surface area contributed by atoms with Crippen molar-refractivity contribution in [2.45, 2.75) is 44.2 Å². The summed E-state index contributed by atoms with van der Waals surface area (Å²) in [6.07, 6.45) is -0.160. The number of aryl methyl sites for hydroxylation is 1. The molecule has 0 aromatic heterocycles. The van der Waals surface area contributed by atoms with Crippen LogP contribution in [0.5, 0.6) is 0 Å². The fourth-order valence-electron chi connectivity index (χ4n) is 1.46. The van der Waals surface area contributed by atoms with E-state index in [2.05, 4.69) is 4.72 Å². The number of hydrogen-bond acceptors (Lipinski definition) is 3. The molecule has 1 aromatic rings. The molecule has 2 atom stereocenters. The Morgan fingerprint density at radius 1 is 1.29 bits per heavy atom. The SMILES string of the molecule is CC[C@@H](O)[C@H](C)NS(=O)(=O)c1ccc(C)cc1. The first-order chi connectivity index (χ1) is 7.86. The van der Waals surface area contributed by atoms with Crippen molar-refractivity contribution in [3.63, 3.8) is 0 Å². The van der Waals surface area contributed by atoms with Gasteiger partial charge in [-0.15, -0.1) is 0 Å². The number of nitrogens with one attached hydrogen (secondary N) is 1. The van der Waals surface area contributed by atoms with Gasteiger partial charge in [-0.05, 0) is 32.4 Å². The lowest BCUT2D eigenvalue weighted by Gasteiger charge is -2.18. The molecule has 0 spiro atoms. The van der Waals surface area contributed by atoms with Crippen molar-refractivity contribution >= 4 is 10.0 Å². The van der Waals surface area contributed by atoms with Crippen molar-refractivity contribution in [3.8, 4) is 0 Å². The van der Waals surface area contributed by atoms with Crippen LogP contribution in [0, 0.1) is 6.92 Å². The summed E-state index contributed by atoms with van der Waals surface area (Å²) in [6, 6.07) is 6.11. The summed E-state index contributed by atoms with van der Waals surface area (Å²) in [7, 11) is -3.54. The molecule has 1 rings (SSSR count). The van der Waals surface area contributed by atoms with Crippen LogP contribution in [0.2, 0.25) is 0 Å². The van der Waals surface area contributed by atoms with E-state index in [1.807, 2.05) is 6.92 Å².